The molecular formula is C23H33N3O5. The molecule has 8 heteroatoms. The topological polar surface area (TPSA) is 88.3 Å². The highest BCUT2D eigenvalue weighted by atomic mass is 16.5. The second-order valence-electron chi connectivity index (χ2n) is 8.32. The van der Waals surface area contributed by atoms with Crippen LogP contribution in [-0.4, -0.2) is 72.5 Å². The van der Waals surface area contributed by atoms with Crippen molar-refractivity contribution in [1.82, 2.24) is 15.0 Å². The molecule has 0 amide bonds. The van der Waals surface area contributed by atoms with Crippen LogP contribution in [0.25, 0.3) is 0 Å². The number of carbonyl (C=O) groups is 1. The van der Waals surface area contributed by atoms with Crippen LogP contribution >= 0.6 is 0 Å². The van der Waals surface area contributed by atoms with E-state index in [1.807, 2.05) is 38.2 Å². The van der Waals surface area contributed by atoms with E-state index in [0.29, 0.717) is 13.1 Å². The van der Waals surface area contributed by atoms with Crippen LogP contribution in [0.4, 0.5) is 0 Å². The molecule has 1 aliphatic heterocycles. The van der Waals surface area contributed by atoms with E-state index in [-0.39, 0.29) is 18.5 Å². The molecule has 3 rings (SSSR count). The fraction of sp³-hybridized carbons (Fsp3) is 0.565. The van der Waals surface area contributed by atoms with Gasteiger partial charge < -0.3 is 24.0 Å². The number of carbonyl (C=O) groups excluding carboxylic acids is 1. The molecule has 0 unspecified atom stereocenters. The number of aromatic nitrogens is 1. The van der Waals surface area contributed by atoms with Gasteiger partial charge in [0.05, 0.1) is 25.3 Å². The number of aryl methyl sites for hydroxylation is 1. The molecule has 170 valence electrons. The summed E-state index contributed by atoms with van der Waals surface area (Å²) in [6.07, 6.45) is 0.947. The van der Waals surface area contributed by atoms with Gasteiger partial charge in [-0.25, -0.2) is 0 Å². The predicted octanol–water partition coefficient (Wildman–Crippen LogP) is 2.24. The summed E-state index contributed by atoms with van der Waals surface area (Å²) in [6.45, 7) is 5.66. The molecule has 1 aromatic carbocycles. The number of nitrogens with zero attached hydrogens (tertiary/aromatic N) is 3. The Hall–Kier alpha value is -2.42. The first-order valence-corrected chi connectivity index (χ1v) is 10.7. The molecule has 2 heterocycles. The van der Waals surface area contributed by atoms with E-state index in [9.17, 15) is 9.90 Å². The van der Waals surface area contributed by atoms with Gasteiger partial charge in [0.15, 0.2) is 5.76 Å². The number of esters is 1. The summed E-state index contributed by atoms with van der Waals surface area (Å²) in [5.41, 5.74) is 2.00. The van der Waals surface area contributed by atoms with Gasteiger partial charge in [0.1, 0.15) is 18.5 Å². The fourth-order valence-electron chi connectivity index (χ4n) is 3.92. The van der Waals surface area contributed by atoms with Crippen molar-refractivity contribution in [2.45, 2.75) is 39.0 Å². The molecular weight excluding hydrogens is 398 g/mol. The lowest BCUT2D eigenvalue weighted by atomic mass is 9.97. The first-order valence-electron chi connectivity index (χ1n) is 10.7. The minimum atomic E-state index is -0.587. The highest BCUT2D eigenvalue weighted by Gasteiger charge is 2.26. The Balaban J connectivity index is 1.40. The molecule has 1 N–H and O–H groups in total. The third-order valence-electron chi connectivity index (χ3n) is 5.49. The van der Waals surface area contributed by atoms with Gasteiger partial charge in [0, 0.05) is 19.2 Å². The van der Waals surface area contributed by atoms with Crippen molar-refractivity contribution in [3.05, 3.63) is 47.3 Å². The van der Waals surface area contributed by atoms with Crippen molar-refractivity contribution in [3.63, 3.8) is 0 Å². The van der Waals surface area contributed by atoms with E-state index in [4.69, 9.17) is 14.0 Å². The smallest absolute Gasteiger partial charge is 0.308 e. The number of likely N-dealkylation sites (tertiary alicyclic amines) is 1. The molecule has 1 aromatic heterocycles. The van der Waals surface area contributed by atoms with E-state index < -0.39 is 6.10 Å². The Bertz CT molecular complexity index is 832. The van der Waals surface area contributed by atoms with Crippen LogP contribution < -0.4 is 4.74 Å². The molecule has 0 bridgehead atoms. The number of benzene rings is 1. The van der Waals surface area contributed by atoms with Crippen molar-refractivity contribution in [3.8, 4) is 5.75 Å². The lowest BCUT2D eigenvalue weighted by molar-refractivity contribution is -0.147. The second kappa shape index (κ2) is 11.3. The average Bonchev–Trinajstić information content (AvgIpc) is 3.16. The summed E-state index contributed by atoms with van der Waals surface area (Å²) < 4.78 is 15.9. The minimum Gasteiger partial charge on any atom is -0.491 e. The molecule has 1 saturated heterocycles. The maximum Gasteiger partial charge on any atom is 0.308 e. The zero-order valence-electron chi connectivity index (χ0n) is 18.6. The van der Waals surface area contributed by atoms with Gasteiger partial charge in [0.25, 0.3) is 0 Å². The van der Waals surface area contributed by atoms with Gasteiger partial charge in [-0.05, 0) is 57.6 Å². The third kappa shape index (κ3) is 7.34. The maximum atomic E-state index is 11.6. The van der Waals surface area contributed by atoms with Crippen molar-refractivity contribution in [2.24, 2.45) is 5.92 Å². The van der Waals surface area contributed by atoms with Crippen LogP contribution in [0.3, 0.4) is 0 Å². The highest BCUT2D eigenvalue weighted by Crippen LogP contribution is 2.19. The van der Waals surface area contributed by atoms with Crippen LogP contribution in [0.15, 0.2) is 34.9 Å². The van der Waals surface area contributed by atoms with Gasteiger partial charge in [-0.2, -0.15) is 0 Å². The predicted molar refractivity (Wildman–Crippen MR) is 116 cm³/mol. The zero-order valence-corrected chi connectivity index (χ0v) is 18.6. The van der Waals surface area contributed by atoms with E-state index in [1.165, 1.54) is 7.11 Å². The monoisotopic (exact) mass is 431 g/mol. The van der Waals surface area contributed by atoms with E-state index in [0.717, 1.165) is 55.2 Å². The largest absolute Gasteiger partial charge is 0.491 e. The number of aliphatic hydroxyl groups is 1. The second-order valence-corrected chi connectivity index (χ2v) is 8.32. The normalized spacial score (nSPS) is 16.4. The number of aliphatic hydroxyl groups excluding tert-OH is 1. The summed E-state index contributed by atoms with van der Waals surface area (Å²) in [6, 6.07) is 9.85. The number of rotatable bonds is 10. The molecule has 0 aliphatic carbocycles. The van der Waals surface area contributed by atoms with Gasteiger partial charge >= 0.3 is 5.97 Å². The molecule has 1 aliphatic rings. The lowest BCUT2D eigenvalue weighted by Crippen LogP contribution is -2.42. The maximum absolute atomic E-state index is 11.6. The number of β-amino-alcohol motifs (C(OH)–C–C–N with tert-alkyl or cyclic N) is 1. The number of piperidine rings is 1. The third-order valence-corrected chi connectivity index (χ3v) is 5.49. The molecule has 1 atom stereocenters. The number of hydrogen-bond donors (Lipinski definition) is 1. The van der Waals surface area contributed by atoms with Gasteiger partial charge in [-0.3, -0.25) is 9.69 Å². The van der Waals surface area contributed by atoms with Crippen LogP contribution in [-0.2, 0) is 22.6 Å². The molecule has 31 heavy (non-hydrogen) atoms. The van der Waals surface area contributed by atoms with Crippen LogP contribution in [0.5, 0.6) is 5.75 Å². The zero-order chi connectivity index (χ0) is 22.2. The first-order chi connectivity index (χ1) is 14.9. The molecule has 0 spiro atoms. The Morgan fingerprint density at radius 3 is 2.77 bits per heavy atom. The van der Waals surface area contributed by atoms with Gasteiger partial charge in [0.2, 0.25) is 0 Å². The summed E-state index contributed by atoms with van der Waals surface area (Å²) in [5.74, 6) is 1.42. The van der Waals surface area contributed by atoms with E-state index in [1.54, 1.807) is 0 Å². The average molecular weight is 432 g/mol. The van der Waals surface area contributed by atoms with Crippen molar-refractivity contribution < 1.29 is 23.9 Å². The molecule has 8 nitrogen and oxygen atoms in total. The minimum absolute atomic E-state index is 0.0245. The van der Waals surface area contributed by atoms with Crippen molar-refractivity contribution in [1.29, 1.82) is 0 Å². The van der Waals surface area contributed by atoms with E-state index >= 15 is 0 Å². The molecule has 1 fully saturated rings. The molecule has 0 saturated carbocycles. The Labute approximate surface area is 183 Å². The summed E-state index contributed by atoms with van der Waals surface area (Å²) >= 11 is 0. The van der Waals surface area contributed by atoms with Crippen LogP contribution in [0, 0.1) is 12.8 Å². The van der Waals surface area contributed by atoms with Crippen molar-refractivity contribution >= 4 is 5.97 Å². The standard InChI is InChI=1S/C23H33N3O5/c1-17-11-22(31-24-17)15-25(2)13-18-5-4-6-21(12-18)30-16-20(27)14-26-9-7-19(8-10-26)23(28)29-3/h4-6,11-12,19-20,27H,7-10,13-16H2,1-3H3/t20-/m0/s1. The van der Waals surface area contributed by atoms with Crippen LogP contribution in [0.2, 0.25) is 0 Å². The fourth-order valence-corrected chi connectivity index (χ4v) is 3.92. The first kappa shape index (κ1) is 23.2. The molecule has 2 aromatic rings. The summed E-state index contributed by atoms with van der Waals surface area (Å²) in [7, 11) is 3.46. The molecule has 0 radical (unpaired) electrons. The highest BCUT2D eigenvalue weighted by molar-refractivity contribution is 5.72. The number of hydrogen-bond acceptors (Lipinski definition) is 8. The van der Waals surface area contributed by atoms with E-state index in [2.05, 4.69) is 21.0 Å². The quantitative estimate of drug-likeness (QED) is 0.573. The Kier molecular flexibility index (Phi) is 8.45. The number of ether oxygens (including phenoxy) is 2. The van der Waals surface area contributed by atoms with Gasteiger partial charge in [-0.15, -0.1) is 0 Å². The SMILES string of the molecule is COC(=O)C1CCN(C[C@H](O)COc2cccc(CN(C)Cc3cc(C)no3)c2)CC1. The van der Waals surface area contributed by atoms with Crippen molar-refractivity contribution in [2.75, 3.05) is 40.4 Å². The summed E-state index contributed by atoms with van der Waals surface area (Å²) in [5, 5.41) is 14.3. The lowest BCUT2D eigenvalue weighted by Gasteiger charge is -2.31. The van der Waals surface area contributed by atoms with Crippen LogP contribution in [0.1, 0.15) is 29.9 Å². The summed E-state index contributed by atoms with van der Waals surface area (Å²) in [4.78, 5) is 15.9. The van der Waals surface area contributed by atoms with Gasteiger partial charge in [-0.1, -0.05) is 17.3 Å². The Morgan fingerprint density at radius 1 is 1.32 bits per heavy atom. The number of methoxy groups -OCH3 is 1. The Morgan fingerprint density at radius 2 is 2.10 bits per heavy atom.